The lowest BCUT2D eigenvalue weighted by atomic mass is 9.78. The van der Waals surface area contributed by atoms with Gasteiger partial charge in [-0.2, -0.15) is 5.26 Å². The van der Waals surface area contributed by atoms with Crippen LogP contribution in [0.25, 0.3) is 10.8 Å². The van der Waals surface area contributed by atoms with Crippen molar-refractivity contribution in [2.75, 3.05) is 0 Å². The molecule has 0 aliphatic heterocycles. The van der Waals surface area contributed by atoms with Crippen LogP contribution in [0.5, 0.6) is 0 Å². The zero-order valence-electron chi connectivity index (χ0n) is 12.0. The van der Waals surface area contributed by atoms with Crippen molar-refractivity contribution in [2.45, 2.75) is 18.8 Å². The highest BCUT2D eigenvalue weighted by Gasteiger charge is 2.27. The largest absolute Gasteiger partial charge is 0.264 e. The lowest BCUT2D eigenvalue weighted by Crippen LogP contribution is -2.22. The second kappa shape index (κ2) is 5.38. The van der Waals surface area contributed by atoms with Crippen LogP contribution in [0, 0.1) is 11.3 Å². The predicted octanol–water partition coefficient (Wildman–Crippen LogP) is 4.26. The van der Waals surface area contributed by atoms with Crippen molar-refractivity contribution in [3.05, 3.63) is 78.1 Å². The first-order valence-corrected chi connectivity index (χ1v) is 7.01. The third kappa shape index (κ3) is 2.64. The molecule has 0 N–H and O–H groups in total. The smallest absolute Gasteiger partial charge is 0.0835 e. The van der Waals surface area contributed by atoms with Crippen LogP contribution in [0.3, 0.4) is 0 Å². The average molecular weight is 272 g/mol. The van der Waals surface area contributed by atoms with E-state index in [0.29, 0.717) is 6.42 Å². The van der Waals surface area contributed by atoms with Gasteiger partial charge in [-0.3, -0.25) is 4.98 Å². The molecule has 0 saturated carbocycles. The Labute approximate surface area is 124 Å². The van der Waals surface area contributed by atoms with Crippen LogP contribution in [-0.2, 0) is 11.8 Å². The molecule has 2 aromatic carbocycles. The fourth-order valence-electron chi connectivity index (χ4n) is 2.65. The van der Waals surface area contributed by atoms with E-state index in [9.17, 15) is 5.26 Å². The molecule has 3 aromatic rings. The molecule has 2 nitrogen and oxygen atoms in total. The average Bonchev–Trinajstić information content (AvgIpc) is 2.55. The quantitative estimate of drug-likeness (QED) is 0.714. The van der Waals surface area contributed by atoms with Gasteiger partial charge in [0.25, 0.3) is 0 Å². The van der Waals surface area contributed by atoms with Gasteiger partial charge < -0.3 is 0 Å². The van der Waals surface area contributed by atoms with Crippen molar-refractivity contribution in [1.82, 2.24) is 4.98 Å². The second-order valence-electron chi connectivity index (χ2n) is 5.54. The topological polar surface area (TPSA) is 36.7 Å². The Bertz CT molecular complexity index is 802. The Morgan fingerprint density at radius 3 is 2.57 bits per heavy atom. The first-order chi connectivity index (χ1) is 10.2. The maximum atomic E-state index is 9.70. The van der Waals surface area contributed by atoms with Crippen LogP contribution in [0.15, 0.2) is 67.0 Å². The first-order valence-electron chi connectivity index (χ1n) is 7.01. The fraction of sp³-hybridized carbons (Fsp3) is 0.158. The van der Waals surface area contributed by atoms with E-state index in [4.69, 9.17) is 0 Å². The van der Waals surface area contributed by atoms with Gasteiger partial charge in [0.05, 0.1) is 11.5 Å². The molecule has 0 bridgehead atoms. The van der Waals surface area contributed by atoms with E-state index in [0.717, 1.165) is 11.1 Å². The Balaban J connectivity index is 2.03. The molecular weight excluding hydrogens is 256 g/mol. The van der Waals surface area contributed by atoms with E-state index < -0.39 is 5.41 Å². The third-order valence-corrected chi connectivity index (χ3v) is 3.91. The fourth-order valence-corrected chi connectivity index (χ4v) is 2.65. The molecule has 1 heterocycles. The summed E-state index contributed by atoms with van der Waals surface area (Å²) in [7, 11) is 0. The van der Waals surface area contributed by atoms with Crippen LogP contribution in [0.4, 0.5) is 0 Å². The summed E-state index contributed by atoms with van der Waals surface area (Å²) in [4.78, 5) is 4.14. The second-order valence-corrected chi connectivity index (χ2v) is 5.54. The Hall–Kier alpha value is -2.66. The van der Waals surface area contributed by atoms with Crippen LogP contribution in [-0.4, -0.2) is 4.98 Å². The van der Waals surface area contributed by atoms with Crippen LogP contribution in [0.2, 0.25) is 0 Å². The highest BCUT2D eigenvalue weighted by Crippen LogP contribution is 2.29. The number of nitrogens with zero attached hydrogens (tertiary/aromatic N) is 2. The van der Waals surface area contributed by atoms with Crippen molar-refractivity contribution in [1.29, 1.82) is 5.26 Å². The number of nitriles is 1. The minimum atomic E-state index is -0.549. The van der Waals surface area contributed by atoms with Gasteiger partial charge in [-0.1, -0.05) is 42.5 Å². The number of hydrogen-bond donors (Lipinski definition) is 0. The summed E-state index contributed by atoms with van der Waals surface area (Å²) in [6.07, 6.45) is 4.25. The highest BCUT2D eigenvalue weighted by molar-refractivity contribution is 5.83. The van der Waals surface area contributed by atoms with E-state index in [-0.39, 0.29) is 0 Å². The van der Waals surface area contributed by atoms with Crippen molar-refractivity contribution in [3.8, 4) is 6.07 Å². The molecule has 0 fully saturated rings. The van der Waals surface area contributed by atoms with Gasteiger partial charge in [0.1, 0.15) is 0 Å². The van der Waals surface area contributed by atoms with Crippen molar-refractivity contribution < 1.29 is 0 Å². The summed E-state index contributed by atoms with van der Waals surface area (Å²) in [5, 5.41) is 12.1. The van der Waals surface area contributed by atoms with Gasteiger partial charge in [0.2, 0.25) is 0 Å². The molecule has 0 aliphatic rings. The Kier molecular flexibility index (Phi) is 3.41. The summed E-state index contributed by atoms with van der Waals surface area (Å²) in [6.45, 7) is 1.99. The summed E-state index contributed by atoms with van der Waals surface area (Å²) in [5.41, 5.74) is 1.58. The van der Waals surface area contributed by atoms with E-state index in [2.05, 4.69) is 41.4 Å². The van der Waals surface area contributed by atoms with Gasteiger partial charge in [-0.05, 0) is 47.4 Å². The number of hydrogen-bond acceptors (Lipinski definition) is 2. The van der Waals surface area contributed by atoms with Crippen LogP contribution >= 0.6 is 0 Å². The molecule has 0 spiro atoms. The van der Waals surface area contributed by atoms with Crippen LogP contribution in [0.1, 0.15) is 18.1 Å². The molecule has 2 heteroatoms. The molecule has 0 radical (unpaired) electrons. The predicted molar refractivity (Wildman–Crippen MR) is 84.9 cm³/mol. The standard InChI is InChI=1S/C19H16N2/c1-19(14-20,12-15-5-4-10-21-13-15)18-9-8-16-6-2-3-7-17(16)11-18/h2-11,13H,12H2,1H3. The normalized spacial score (nSPS) is 13.5. The molecule has 0 aliphatic carbocycles. The molecule has 1 unspecified atom stereocenters. The Morgan fingerprint density at radius 1 is 1.05 bits per heavy atom. The van der Waals surface area contributed by atoms with Gasteiger partial charge in [0, 0.05) is 12.4 Å². The molecule has 1 aromatic heterocycles. The third-order valence-electron chi connectivity index (χ3n) is 3.91. The number of pyridine rings is 1. The van der Waals surface area contributed by atoms with Crippen molar-refractivity contribution in [3.63, 3.8) is 0 Å². The van der Waals surface area contributed by atoms with E-state index in [1.165, 1.54) is 10.8 Å². The highest BCUT2D eigenvalue weighted by atomic mass is 14.6. The number of aromatic nitrogens is 1. The number of fused-ring (bicyclic) bond motifs is 1. The SMILES string of the molecule is CC(C#N)(Cc1cccnc1)c1ccc2ccccc2c1. The Morgan fingerprint density at radius 2 is 1.86 bits per heavy atom. The maximum Gasteiger partial charge on any atom is 0.0835 e. The minimum absolute atomic E-state index is 0.549. The monoisotopic (exact) mass is 272 g/mol. The summed E-state index contributed by atoms with van der Waals surface area (Å²) in [5.74, 6) is 0. The van der Waals surface area contributed by atoms with Gasteiger partial charge >= 0.3 is 0 Å². The van der Waals surface area contributed by atoms with E-state index in [1.807, 2.05) is 37.4 Å². The number of benzene rings is 2. The molecule has 0 saturated heterocycles. The summed E-state index contributed by atoms with van der Waals surface area (Å²) < 4.78 is 0. The summed E-state index contributed by atoms with van der Waals surface area (Å²) >= 11 is 0. The molecule has 0 amide bonds. The number of rotatable bonds is 3. The molecular formula is C19H16N2. The lowest BCUT2D eigenvalue weighted by Gasteiger charge is -2.22. The van der Waals surface area contributed by atoms with Gasteiger partial charge in [-0.25, -0.2) is 0 Å². The van der Waals surface area contributed by atoms with E-state index >= 15 is 0 Å². The van der Waals surface area contributed by atoms with Gasteiger partial charge in [0.15, 0.2) is 0 Å². The first kappa shape index (κ1) is 13.3. The molecule has 3 rings (SSSR count). The maximum absolute atomic E-state index is 9.70. The molecule has 21 heavy (non-hydrogen) atoms. The van der Waals surface area contributed by atoms with E-state index in [1.54, 1.807) is 6.20 Å². The molecule has 102 valence electrons. The van der Waals surface area contributed by atoms with Gasteiger partial charge in [-0.15, -0.1) is 0 Å². The zero-order valence-corrected chi connectivity index (χ0v) is 12.0. The summed E-state index contributed by atoms with van der Waals surface area (Å²) in [6, 6.07) is 20.9. The van der Waals surface area contributed by atoms with Crippen LogP contribution < -0.4 is 0 Å². The minimum Gasteiger partial charge on any atom is -0.264 e. The van der Waals surface area contributed by atoms with Crippen molar-refractivity contribution in [2.24, 2.45) is 0 Å². The van der Waals surface area contributed by atoms with Crippen molar-refractivity contribution >= 4 is 10.8 Å². The zero-order chi connectivity index (χ0) is 14.7. The molecule has 1 atom stereocenters. The lowest BCUT2D eigenvalue weighted by molar-refractivity contribution is 0.606.